The number of carbonyl (C=O) groups excluding carboxylic acids is 2. The van der Waals surface area contributed by atoms with Crippen molar-refractivity contribution >= 4 is 11.9 Å². The highest BCUT2D eigenvalue weighted by Crippen LogP contribution is 2.16. The van der Waals surface area contributed by atoms with Gasteiger partial charge < -0.3 is 20.3 Å². The second kappa shape index (κ2) is 40.6. The van der Waals surface area contributed by atoms with E-state index >= 15 is 0 Å². The molecule has 0 aliphatic carbocycles. The fourth-order valence-electron chi connectivity index (χ4n) is 6.93. The van der Waals surface area contributed by atoms with Gasteiger partial charge in [-0.25, -0.2) is 0 Å². The lowest BCUT2D eigenvalue weighted by molar-refractivity contribution is -0.143. The Morgan fingerprint density at radius 2 is 0.820 bits per heavy atom. The first-order chi connectivity index (χ1) is 24.5. The lowest BCUT2D eigenvalue weighted by Crippen LogP contribution is -2.45. The van der Waals surface area contributed by atoms with E-state index in [1.54, 1.807) is 0 Å². The van der Waals surface area contributed by atoms with Crippen LogP contribution in [-0.4, -0.2) is 47.4 Å². The van der Waals surface area contributed by atoms with Gasteiger partial charge in [-0.3, -0.25) is 9.59 Å². The van der Waals surface area contributed by atoms with Crippen LogP contribution in [0.2, 0.25) is 0 Å². The van der Waals surface area contributed by atoms with Crippen molar-refractivity contribution in [3.63, 3.8) is 0 Å². The smallest absolute Gasteiger partial charge is 0.305 e. The van der Waals surface area contributed by atoms with Gasteiger partial charge >= 0.3 is 5.97 Å². The van der Waals surface area contributed by atoms with Gasteiger partial charge in [0.25, 0.3) is 0 Å². The number of aliphatic hydroxyl groups is 2. The number of ether oxygens (including phenoxy) is 1. The normalized spacial score (nSPS) is 12.6. The largest absolute Gasteiger partial charge is 0.466 e. The monoisotopic (exact) mass is 710 g/mol. The molecule has 0 aliphatic heterocycles. The first-order valence-electron chi connectivity index (χ1n) is 22.3. The van der Waals surface area contributed by atoms with E-state index in [9.17, 15) is 19.8 Å². The number of unbranched alkanes of at least 4 members (excludes halogenated alkanes) is 30. The summed E-state index contributed by atoms with van der Waals surface area (Å²) in [5.74, 6) is -0.0618. The predicted octanol–water partition coefficient (Wildman–Crippen LogP) is 12.5. The second-order valence-corrected chi connectivity index (χ2v) is 15.4. The molecule has 0 aromatic heterocycles. The summed E-state index contributed by atoms with van der Waals surface area (Å²) in [6, 6.07) is -0.549. The Morgan fingerprint density at radius 3 is 1.22 bits per heavy atom. The maximum atomic E-state index is 12.4. The van der Waals surface area contributed by atoms with Gasteiger partial charge in [0.2, 0.25) is 5.91 Å². The predicted molar refractivity (Wildman–Crippen MR) is 214 cm³/mol. The number of nitrogens with one attached hydrogen (secondary N) is 1. The maximum absolute atomic E-state index is 12.4. The molecule has 2 atom stereocenters. The Bertz CT molecular complexity index is 702. The van der Waals surface area contributed by atoms with Crippen molar-refractivity contribution in [1.29, 1.82) is 0 Å². The summed E-state index contributed by atoms with van der Waals surface area (Å²) in [7, 11) is 0. The minimum absolute atomic E-state index is 0.00983. The van der Waals surface area contributed by atoms with Crippen molar-refractivity contribution in [2.45, 2.75) is 257 Å². The molecule has 0 saturated carbocycles. The zero-order valence-corrected chi connectivity index (χ0v) is 33.6. The van der Waals surface area contributed by atoms with Crippen molar-refractivity contribution in [2.75, 3.05) is 13.2 Å². The molecule has 0 aromatic carbocycles. The molecule has 6 heteroatoms. The first-order valence-corrected chi connectivity index (χ1v) is 22.3. The quantitative estimate of drug-likeness (QED) is 0.0434. The molecule has 0 spiro atoms. The van der Waals surface area contributed by atoms with Gasteiger partial charge in [0.1, 0.15) is 0 Å². The summed E-state index contributed by atoms with van der Waals surface area (Å²) in [4.78, 5) is 24.3. The highest BCUT2D eigenvalue weighted by Gasteiger charge is 2.20. The van der Waals surface area contributed by atoms with Crippen LogP contribution in [0.25, 0.3) is 0 Å². The summed E-state index contributed by atoms with van der Waals surface area (Å²) in [6.07, 6.45) is 41.9. The summed E-state index contributed by atoms with van der Waals surface area (Å²) in [5, 5.41) is 23.0. The molecule has 0 aliphatic rings. The number of hydrogen-bond donors (Lipinski definition) is 3. The zero-order chi connectivity index (χ0) is 36.6. The van der Waals surface area contributed by atoms with E-state index in [0.29, 0.717) is 25.9 Å². The van der Waals surface area contributed by atoms with Gasteiger partial charge in [0, 0.05) is 12.8 Å². The molecule has 0 radical (unpaired) electrons. The van der Waals surface area contributed by atoms with Gasteiger partial charge in [0.05, 0.1) is 25.4 Å². The van der Waals surface area contributed by atoms with Gasteiger partial charge in [-0.1, -0.05) is 206 Å². The van der Waals surface area contributed by atoms with Gasteiger partial charge in [-0.15, -0.1) is 0 Å². The van der Waals surface area contributed by atoms with Crippen LogP contribution in [0.1, 0.15) is 245 Å². The first kappa shape index (κ1) is 48.9. The standard InChI is InChI=1S/C44H87NO5/c1-3-5-7-9-11-13-17-22-26-30-34-38-44(49)50-39-35-31-27-23-19-16-15-18-21-25-29-33-37-43(48)45-41(40-46)42(47)36-32-28-24-20-14-12-10-8-6-4-2/h41-42,46-47H,3-40H2,1-2H3,(H,45,48). The topological polar surface area (TPSA) is 95.9 Å². The third kappa shape index (κ3) is 36.6. The van der Waals surface area contributed by atoms with Crippen LogP contribution in [0.4, 0.5) is 0 Å². The van der Waals surface area contributed by atoms with Crippen LogP contribution in [0, 0.1) is 0 Å². The van der Waals surface area contributed by atoms with Crippen LogP contribution in [0.5, 0.6) is 0 Å². The van der Waals surface area contributed by atoms with Crippen molar-refractivity contribution < 1.29 is 24.5 Å². The van der Waals surface area contributed by atoms with Crippen molar-refractivity contribution in [2.24, 2.45) is 0 Å². The molecule has 6 nitrogen and oxygen atoms in total. The molecule has 0 fully saturated rings. The Labute approximate surface area is 311 Å². The maximum Gasteiger partial charge on any atom is 0.305 e. The van der Waals surface area contributed by atoms with Gasteiger partial charge in [-0.2, -0.15) is 0 Å². The van der Waals surface area contributed by atoms with Crippen LogP contribution < -0.4 is 5.32 Å². The Balaban J connectivity index is 3.45. The summed E-state index contributed by atoms with van der Waals surface area (Å²) in [6.45, 7) is 4.89. The third-order valence-corrected chi connectivity index (χ3v) is 10.4. The molecule has 2 unspecified atom stereocenters. The van der Waals surface area contributed by atoms with E-state index in [0.717, 1.165) is 57.8 Å². The third-order valence-electron chi connectivity index (χ3n) is 10.4. The summed E-state index contributed by atoms with van der Waals surface area (Å²) >= 11 is 0. The second-order valence-electron chi connectivity index (χ2n) is 15.4. The fourth-order valence-corrected chi connectivity index (χ4v) is 6.93. The highest BCUT2D eigenvalue weighted by atomic mass is 16.5. The fraction of sp³-hybridized carbons (Fsp3) is 0.955. The SMILES string of the molecule is CCCCCCCCCCCCCC(=O)OCCCCCCCCCCCCCCC(=O)NC(CO)C(O)CCCCCCCCCCCC. The lowest BCUT2D eigenvalue weighted by Gasteiger charge is -2.22. The molecule has 50 heavy (non-hydrogen) atoms. The minimum atomic E-state index is -0.670. The van der Waals surface area contributed by atoms with Crippen LogP contribution >= 0.6 is 0 Å². The van der Waals surface area contributed by atoms with Crippen LogP contribution in [-0.2, 0) is 14.3 Å². The summed E-state index contributed by atoms with van der Waals surface area (Å²) in [5.41, 5.74) is 0. The van der Waals surface area contributed by atoms with E-state index in [-0.39, 0.29) is 18.5 Å². The lowest BCUT2D eigenvalue weighted by atomic mass is 10.0. The highest BCUT2D eigenvalue weighted by molar-refractivity contribution is 5.76. The van der Waals surface area contributed by atoms with Gasteiger partial charge in [0.15, 0.2) is 0 Å². The van der Waals surface area contributed by atoms with E-state index in [1.807, 2.05) is 0 Å². The number of carbonyl (C=O) groups is 2. The average molecular weight is 710 g/mol. The Hall–Kier alpha value is -1.14. The van der Waals surface area contributed by atoms with E-state index in [4.69, 9.17) is 4.74 Å². The molecular weight excluding hydrogens is 622 g/mol. The minimum Gasteiger partial charge on any atom is -0.466 e. The van der Waals surface area contributed by atoms with Crippen LogP contribution in [0.15, 0.2) is 0 Å². The summed E-state index contributed by atoms with van der Waals surface area (Å²) < 4.78 is 5.43. The van der Waals surface area contributed by atoms with Crippen LogP contribution in [0.3, 0.4) is 0 Å². The van der Waals surface area contributed by atoms with Crippen molar-refractivity contribution in [3.8, 4) is 0 Å². The molecule has 298 valence electrons. The molecule has 0 aromatic rings. The molecule has 3 N–H and O–H groups in total. The Kier molecular flexibility index (Phi) is 39.7. The average Bonchev–Trinajstić information content (AvgIpc) is 3.11. The molecule has 1 amide bonds. The number of amides is 1. The van der Waals surface area contributed by atoms with E-state index in [2.05, 4.69) is 19.2 Å². The number of rotatable bonds is 41. The molecule has 0 rings (SSSR count). The molecule has 0 saturated heterocycles. The molecule has 0 heterocycles. The number of esters is 1. The Morgan fingerprint density at radius 1 is 0.480 bits per heavy atom. The van der Waals surface area contributed by atoms with Crippen molar-refractivity contribution in [1.82, 2.24) is 5.32 Å². The van der Waals surface area contributed by atoms with E-state index < -0.39 is 12.1 Å². The van der Waals surface area contributed by atoms with Crippen molar-refractivity contribution in [3.05, 3.63) is 0 Å². The zero-order valence-electron chi connectivity index (χ0n) is 33.6. The van der Waals surface area contributed by atoms with E-state index in [1.165, 1.54) is 154 Å². The molecular formula is C44H87NO5. The number of aliphatic hydroxyl groups excluding tert-OH is 2. The van der Waals surface area contributed by atoms with Gasteiger partial charge in [-0.05, 0) is 25.7 Å². The number of hydrogen-bond acceptors (Lipinski definition) is 5. The molecule has 0 bridgehead atoms.